The first-order valence-corrected chi connectivity index (χ1v) is 16.3. The minimum Gasteiger partial charge on any atom is -0.343 e. The molecule has 0 atom stereocenters. The highest BCUT2D eigenvalue weighted by atomic mass is 35.5. The van der Waals surface area contributed by atoms with Gasteiger partial charge in [0.05, 0.1) is 40.0 Å². The number of hydrogen-bond acceptors (Lipinski definition) is 11. The third-order valence-electron chi connectivity index (χ3n) is 5.22. The first kappa shape index (κ1) is 27.9. The summed E-state index contributed by atoms with van der Waals surface area (Å²) in [5.74, 6) is 0. The van der Waals surface area contributed by atoms with E-state index in [2.05, 4.69) is 14.7 Å². The molecule has 202 valence electrons. The van der Waals surface area contributed by atoms with Gasteiger partial charge in [-0.2, -0.15) is 14.2 Å². The van der Waals surface area contributed by atoms with E-state index in [0.717, 1.165) is 34.2 Å². The van der Waals surface area contributed by atoms with Gasteiger partial charge in [0.1, 0.15) is 26.3 Å². The Labute approximate surface area is 220 Å². The Morgan fingerprint density at radius 3 is 2.24 bits per heavy atom. The molecule has 0 bridgehead atoms. The predicted octanol–water partition coefficient (Wildman–Crippen LogP) is -0.630. The van der Waals surface area contributed by atoms with Crippen LogP contribution in [0.2, 0.25) is 10.0 Å². The second-order valence-electron chi connectivity index (χ2n) is 7.46. The van der Waals surface area contributed by atoms with E-state index in [4.69, 9.17) is 28.3 Å². The molecule has 0 saturated carbocycles. The smallest absolute Gasteiger partial charge is 0.245 e. The van der Waals surface area contributed by atoms with Gasteiger partial charge in [-0.1, -0.05) is 23.2 Å². The molecule has 2 aliphatic heterocycles. The average molecular weight is 636 g/mol. The summed E-state index contributed by atoms with van der Waals surface area (Å²) in [6.45, 7) is -1.53. The van der Waals surface area contributed by atoms with Crippen LogP contribution >= 0.6 is 23.2 Å². The van der Waals surface area contributed by atoms with Crippen LogP contribution in [0, 0.1) is 4.91 Å². The fraction of sp³-hybridized carbons (Fsp3) is 0.200. The molecule has 2 aromatic rings. The highest BCUT2D eigenvalue weighted by Crippen LogP contribution is 2.39. The van der Waals surface area contributed by atoms with E-state index in [9.17, 15) is 38.6 Å². The molecule has 0 spiro atoms. The largest absolute Gasteiger partial charge is 0.343 e. The van der Waals surface area contributed by atoms with Crippen LogP contribution in [0.5, 0.6) is 0 Å². The Hall–Kier alpha value is -2.14. The number of rotatable bonds is 6. The average Bonchev–Trinajstić information content (AvgIpc) is 2.77. The number of halogens is 2. The van der Waals surface area contributed by atoms with Gasteiger partial charge < -0.3 is 4.90 Å². The number of nitrogens with two attached hydrogens (primary N) is 1. The molecule has 0 saturated heterocycles. The van der Waals surface area contributed by atoms with Crippen LogP contribution in [-0.2, 0) is 40.1 Å². The maximum absolute atomic E-state index is 13.0. The molecule has 22 heteroatoms. The Bertz CT molecular complexity index is 1760. The zero-order valence-corrected chi connectivity index (χ0v) is 22.7. The number of hydrogen-bond donors (Lipinski definition) is 4. The van der Waals surface area contributed by atoms with Crippen LogP contribution < -0.4 is 29.2 Å². The summed E-state index contributed by atoms with van der Waals surface area (Å²) in [6.07, 6.45) is 0. The van der Waals surface area contributed by atoms with E-state index in [1.165, 1.54) is 0 Å². The van der Waals surface area contributed by atoms with E-state index < -0.39 is 89.7 Å². The number of fused-ring (bicyclic) bond motifs is 2. The molecule has 2 aromatic carbocycles. The standard InChI is InChI=1S/C15H15Cl2N7O9S4/c16-8-3-10-13(36(30,31)21-7-24(10)22-25)4-12(8)35(28,29)19-5-23-6-20-37(32,33)15-9(23)1-2-11(14(15)17)34(18,26)27/h1-4,19-21H,5-7H2,(H2,18,26,27). The fourth-order valence-corrected chi connectivity index (χ4v) is 9.00. The van der Waals surface area contributed by atoms with Gasteiger partial charge in [-0.3, -0.25) is 0 Å². The minimum absolute atomic E-state index is 0.144. The molecule has 4 rings (SSSR count). The van der Waals surface area contributed by atoms with Gasteiger partial charge in [-0.25, -0.2) is 43.8 Å². The lowest BCUT2D eigenvalue weighted by atomic mass is 10.3. The van der Waals surface area contributed by atoms with Crippen molar-refractivity contribution in [2.24, 2.45) is 10.4 Å². The van der Waals surface area contributed by atoms with Crippen LogP contribution in [0.3, 0.4) is 0 Å². The zero-order valence-electron chi connectivity index (χ0n) is 17.9. The highest BCUT2D eigenvalue weighted by Gasteiger charge is 2.35. The van der Waals surface area contributed by atoms with Crippen molar-refractivity contribution in [3.05, 3.63) is 39.2 Å². The van der Waals surface area contributed by atoms with Crippen LogP contribution in [-0.4, -0.2) is 53.7 Å². The number of benzene rings is 2. The number of nitrogens with one attached hydrogen (secondary N) is 3. The van der Waals surface area contributed by atoms with Gasteiger partial charge in [0.15, 0.2) is 0 Å². The van der Waals surface area contributed by atoms with Crippen molar-refractivity contribution in [2.75, 3.05) is 29.9 Å². The summed E-state index contributed by atoms with van der Waals surface area (Å²) in [6, 6.07) is 3.73. The van der Waals surface area contributed by atoms with Crippen LogP contribution in [0.25, 0.3) is 0 Å². The number of nitrogens with zero attached hydrogens (tertiary/aromatic N) is 3. The van der Waals surface area contributed by atoms with Crippen molar-refractivity contribution in [3.63, 3.8) is 0 Å². The molecule has 16 nitrogen and oxygen atoms in total. The zero-order chi connectivity index (χ0) is 27.6. The summed E-state index contributed by atoms with van der Waals surface area (Å²) in [5, 5.41) is 7.34. The first-order valence-electron chi connectivity index (χ1n) is 9.53. The number of sulfonamides is 4. The topological polar surface area (TPSA) is 235 Å². The molecule has 2 heterocycles. The molecule has 0 fully saturated rings. The molecule has 2 aliphatic rings. The summed E-state index contributed by atoms with van der Waals surface area (Å²) in [5.41, 5.74) is -0.382. The van der Waals surface area contributed by atoms with E-state index in [1.807, 2.05) is 4.72 Å². The van der Waals surface area contributed by atoms with Gasteiger partial charge in [-0.15, -0.1) is 4.91 Å². The lowest BCUT2D eigenvalue weighted by molar-refractivity contribution is 0.563. The first-order chi connectivity index (χ1) is 17.0. The van der Waals surface area contributed by atoms with E-state index in [0.29, 0.717) is 0 Å². The summed E-state index contributed by atoms with van der Waals surface area (Å²) in [4.78, 5) is 9.65. The summed E-state index contributed by atoms with van der Waals surface area (Å²) < 4.78 is 106. The molecule has 0 aliphatic carbocycles. The van der Waals surface area contributed by atoms with Crippen molar-refractivity contribution in [2.45, 2.75) is 19.6 Å². The van der Waals surface area contributed by atoms with Crippen LogP contribution in [0.15, 0.2) is 49.1 Å². The SMILES string of the molecule is NS(=O)(=O)c1ccc2c(c1Cl)S(=O)(=O)NCN2CNS(=O)(=O)c1cc2c(cc1Cl)N(N=O)CNS2(=O)=O. The normalized spacial score (nSPS) is 18.7. The Balaban J connectivity index is 1.71. The highest BCUT2D eigenvalue weighted by molar-refractivity contribution is 7.91. The van der Waals surface area contributed by atoms with Gasteiger partial charge in [0.25, 0.3) is 0 Å². The van der Waals surface area contributed by atoms with Gasteiger partial charge >= 0.3 is 0 Å². The second kappa shape index (κ2) is 9.25. The number of anilines is 2. The van der Waals surface area contributed by atoms with Crippen LogP contribution in [0.4, 0.5) is 11.4 Å². The maximum Gasteiger partial charge on any atom is 0.245 e. The van der Waals surface area contributed by atoms with Crippen LogP contribution in [0.1, 0.15) is 0 Å². The van der Waals surface area contributed by atoms with E-state index in [1.54, 1.807) is 0 Å². The van der Waals surface area contributed by atoms with Gasteiger partial charge in [0.2, 0.25) is 40.1 Å². The second-order valence-corrected chi connectivity index (χ2v) is 14.9. The third kappa shape index (κ3) is 5.01. The number of primary sulfonamides is 1. The van der Waals surface area contributed by atoms with Crippen molar-refractivity contribution >= 4 is 74.7 Å². The molecular weight excluding hydrogens is 621 g/mol. The lowest BCUT2D eigenvalue weighted by Crippen LogP contribution is -2.48. The van der Waals surface area contributed by atoms with E-state index in [-0.39, 0.29) is 11.4 Å². The maximum atomic E-state index is 13.0. The Morgan fingerprint density at radius 1 is 0.973 bits per heavy atom. The number of nitroso groups, excluding NO2 is 1. The van der Waals surface area contributed by atoms with Crippen molar-refractivity contribution in [3.8, 4) is 0 Å². The van der Waals surface area contributed by atoms with Crippen molar-refractivity contribution in [1.29, 1.82) is 0 Å². The lowest BCUT2D eigenvalue weighted by Gasteiger charge is -2.32. The van der Waals surface area contributed by atoms with Crippen molar-refractivity contribution in [1.82, 2.24) is 14.2 Å². The molecule has 0 aromatic heterocycles. The summed E-state index contributed by atoms with van der Waals surface area (Å²) >= 11 is 12.1. The molecule has 0 radical (unpaired) electrons. The molecule has 5 N–H and O–H groups in total. The Morgan fingerprint density at radius 2 is 1.62 bits per heavy atom. The van der Waals surface area contributed by atoms with Gasteiger partial charge in [-0.05, 0) is 24.3 Å². The molecule has 0 amide bonds. The summed E-state index contributed by atoms with van der Waals surface area (Å²) in [7, 11) is -17.4. The van der Waals surface area contributed by atoms with Gasteiger partial charge in [0, 0.05) is 0 Å². The Kier molecular flexibility index (Phi) is 6.97. The monoisotopic (exact) mass is 635 g/mol. The third-order valence-corrected chi connectivity index (χ3v) is 11.5. The quantitative estimate of drug-likeness (QED) is 0.291. The fourth-order valence-electron chi connectivity index (χ4n) is 3.48. The molecule has 37 heavy (non-hydrogen) atoms. The predicted molar refractivity (Wildman–Crippen MR) is 131 cm³/mol. The minimum atomic E-state index is -4.54. The molecular formula is C15H15Cl2N7O9S4. The van der Waals surface area contributed by atoms with E-state index >= 15 is 0 Å². The molecule has 0 unspecified atom stereocenters. The van der Waals surface area contributed by atoms with Crippen molar-refractivity contribution < 1.29 is 33.7 Å².